The molecule has 4 nitrogen and oxygen atoms in total. The van der Waals surface area contributed by atoms with Crippen LogP contribution in [0.3, 0.4) is 0 Å². The number of aryl methyl sites for hydroxylation is 1. The summed E-state index contributed by atoms with van der Waals surface area (Å²) in [6, 6.07) is 5.47. The van der Waals surface area contributed by atoms with Crippen molar-refractivity contribution in [1.82, 2.24) is 5.32 Å². The molecule has 0 bridgehead atoms. The van der Waals surface area contributed by atoms with Crippen LogP contribution in [0.2, 0.25) is 0 Å². The third kappa shape index (κ3) is 4.50. The zero-order valence-corrected chi connectivity index (χ0v) is 11.7. The van der Waals surface area contributed by atoms with Gasteiger partial charge in [0.15, 0.2) is 0 Å². The van der Waals surface area contributed by atoms with Crippen molar-refractivity contribution in [2.45, 2.75) is 20.8 Å². The maximum atomic E-state index is 10.0. The molecule has 1 rings (SSSR count). The van der Waals surface area contributed by atoms with Crippen molar-refractivity contribution in [2.24, 2.45) is 10.7 Å². The van der Waals surface area contributed by atoms with Crippen LogP contribution in [0.15, 0.2) is 41.5 Å². The Labute approximate surface area is 114 Å². The predicted molar refractivity (Wildman–Crippen MR) is 80.9 cm³/mol. The van der Waals surface area contributed by atoms with E-state index in [0.29, 0.717) is 23.5 Å². The lowest BCUT2D eigenvalue weighted by Gasteiger charge is -2.13. The summed E-state index contributed by atoms with van der Waals surface area (Å²) in [5, 5.41) is 13.2. The van der Waals surface area contributed by atoms with Gasteiger partial charge in [-0.2, -0.15) is 0 Å². The summed E-state index contributed by atoms with van der Waals surface area (Å²) in [5.74, 6) is 0.958. The van der Waals surface area contributed by atoms with Crippen LogP contribution in [-0.4, -0.2) is 17.5 Å². The lowest BCUT2D eigenvalue weighted by molar-refractivity contribution is 0.473. The highest BCUT2D eigenvalue weighted by Crippen LogP contribution is 2.25. The van der Waals surface area contributed by atoms with Gasteiger partial charge >= 0.3 is 0 Å². The van der Waals surface area contributed by atoms with Gasteiger partial charge in [0.1, 0.15) is 5.75 Å². The van der Waals surface area contributed by atoms with Crippen LogP contribution in [0.1, 0.15) is 25.0 Å². The molecule has 19 heavy (non-hydrogen) atoms. The van der Waals surface area contributed by atoms with Gasteiger partial charge in [-0.15, -0.1) is 0 Å². The van der Waals surface area contributed by atoms with Crippen LogP contribution in [0, 0.1) is 6.92 Å². The minimum atomic E-state index is 0.198. The first-order chi connectivity index (χ1) is 8.93. The van der Waals surface area contributed by atoms with Crippen molar-refractivity contribution in [2.75, 3.05) is 6.54 Å². The Morgan fingerprint density at radius 1 is 1.53 bits per heavy atom. The van der Waals surface area contributed by atoms with Crippen molar-refractivity contribution < 1.29 is 5.11 Å². The number of hydrogen-bond donors (Lipinski definition) is 3. The van der Waals surface area contributed by atoms with E-state index in [4.69, 9.17) is 5.73 Å². The number of allylic oxidation sites excluding steroid dienone is 1. The van der Waals surface area contributed by atoms with Crippen LogP contribution in [0.4, 0.5) is 0 Å². The van der Waals surface area contributed by atoms with Gasteiger partial charge in [-0.25, -0.2) is 0 Å². The number of amidine groups is 1. The summed E-state index contributed by atoms with van der Waals surface area (Å²) >= 11 is 0. The number of nitrogens with two attached hydrogens (primary N) is 1. The van der Waals surface area contributed by atoms with Crippen molar-refractivity contribution in [3.8, 4) is 5.75 Å². The molecule has 0 aliphatic rings. The predicted octanol–water partition coefficient (Wildman–Crippen LogP) is 2.54. The number of phenolic OH excluding ortho intramolecular Hbond substituents is 1. The van der Waals surface area contributed by atoms with Crippen LogP contribution in [0.5, 0.6) is 5.75 Å². The Bertz CT molecular complexity index is 530. The Kier molecular flexibility index (Phi) is 5.18. The van der Waals surface area contributed by atoms with Gasteiger partial charge in [0.25, 0.3) is 0 Å². The number of phenols is 1. The number of hydrogen-bond acceptors (Lipinski definition) is 3. The van der Waals surface area contributed by atoms with Gasteiger partial charge in [0.2, 0.25) is 0 Å². The van der Waals surface area contributed by atoms with Gasteiger partial charge in [-0.1, -0.05) is 12.6 Å². The minimum absolute atomic E-state index is 0.198. The fourth-order valence-electron chi connectivity index (χ4n) is 1.71. The summed E-state index contributed by atoms with van der Waals surface area (Å²) in [6.07, 6.45) is 1.68. The molecule has 0 aliphatic carbocycles. The van der Waals surface area contributed by atoms with E-state index in [9.17, 15) is 5.11 Å². The second-order valence-electron chi connectivity index (χ2n) is 4.34. The number of nitrogens with one attached hydrogen (secondary N) is 1. The van der Waals surface area contributed by atoms with Gasteiger partial charge in [-0.3, -0.25) is 4.99 Å². The molecule has 1 aromatic rings. The first-order valence-corrected chi connectivity index (χ1v) is 6.18. The van der Waals surface area contributed by atoms with E-state index in [-0.39, 0.29) is 5.75 Å². The lowest BCUT2D eigenvalue weighted by Crippen LogP contribution is -2.19. The Balaban J connectivity index is 3.18. The molecule has 0 heterocycles. The monoisotopic (exact) mass is 259 g/mol. The molecule has 0 aromatic heterocycles. The van der Waals surface area contributed by atoms with Crippen LogP contribution < -0.4 is 11.1 Å². The molecule has 0 unspecified atom stereocenters. The molecule has 0 amide bonds. The normalized spacial score (nSPS) is 12.4. The van der Waals surface area contributed by atoms with E-state index >= 15 is 0 Å². The smallest absolute Gasteiger partial charge is 0.125 e. The Morgan fingerprint density at radius 3 is 2.74 bits per heavy atom. The molecular weight excluding hydrogens is 238 g/mol. The molecule has 0 aliphatic heterocycles. The second kappa shape index (κ2) is 6.64. The van der Waals surface area contributed by atoms with Gasteiger partial charge in [-0.05, 0) is 44.5 Å². The van der Waals surface area contributed by atoms with E-state index in [1.165, 1.54) is 0 Å². The van der Waals surface area contributed by atoms with Crippen LogP contribution >= 0.6 is 0 Å². The molecule has 0 spiro atoms. The third-order valence-corrected chi connectivity index (χ3v) is 2.48. The molecule has 0 saturated carbocycles. The van der Waals surface area contributed by atoms with Crippen molar-refractivity contribution >= 4 is 11.5 Å². The molecule has 0 radical (unpaired) electrons. The number of aromatic hydroxyl groups is 1. The first-order valence-electron chi connectivity index (χ1n) is 6.18. The van der Waals surface area contributed by atoms with E-state index < -0.39 is 0 Å². The summed E-state index contributed by atoms with van der Waals surface area (Å²) in [6.45, 7) is 10.1. The summed E-state index contributed by atoms with van der Waals surface area (Å²) in [7, 11) is 0. The Hall–Kier alpha value is -2.23. The minimum Gasteiger partial charge on any atom is -0.507 e. The molecular formula is C15H21N3O. The average molecular weight is 259 g/mol. The molecule has 4 N–H and O–H groups in total. The van der Waals surface area contributed by atoms with E-state index in [1.807, 2.05) is 32.9 Å². The topological polar surface area (TPSA) is 70.6 Å². The molecule has 1 aromatic carbocycles. The zero-order chi connectivity index (χ0) is 14.4. The second-order valence-corrected chi connectivity index (χ2v) is 4.34. The summed E-state index contributed by atoms with van der Waals surface area (Å²) in [5.41, 5.74) is 8.38. The maximum absolute atomic E-state index is 10.0. The molecule has 102 valence electrons. The quantitative estimate of drug-likeness (QED) is 0.442. The van der Waals surface area contributed by atoms with Crippen LogP contribution in [-0.2, 0) is 0 Å². The first kappa shape index (κ1) is 14.8. The molecule has 0 fully saturated rings. The van der Waals surface area contributed by atoms with Crippen LogP contribution in [0.25, 0.3) is 5.70 Å². The zero-order valence-electron chi connectivity index (χ0n) is 11.7. The summed E-state index contributed by atoms with van der Waals surface area (Å²) < 4.78 is 0. The van der Waals surface area contributed by atoms with Gasteiger partial charge in [0.05, 0.1) is 11.5 Å². The van der Waals surface area contributed by atoms with Crippen molar-refractivity contribution in [3.05, 3.63) is 47.7 Å². The van der Waals surface area contributed by atoms with Gasteiger partial charge in [0, 0.05) is 17.8 Å². The molecule has 0 atom stereocenters. The number of aliphatic imine (C=N–C) groups is 1. The highest BCUT2D eigenvalue weighted by atomic mass is 16.3. The van der Waals surface area contributed by atoms with Crippen molar-refractivity contribution in [3.63, 3.8) is 0 Å². The van der Waals surface area contributed by atoms with E-state index in [1.54, 1.807) is 12.1 Å². The number of rotatable bonds is 4. The fourth-order valence-corrected chi connectivity index (χ4v) is 1.71. The van der Waals surface area contributed by atoms with Crippen molar-refractivity contribution in [1.29, 1.82) is 0 Å². The average Bonchev–Trinajstić information content (AvgIpc) is 2.27. The summed E-state index contributed by atoms with van der Waals surface area (Å²) in [4.78, 5) is 4.26. The largest absolute Gasteiger partial charge is 0.507 e. The molecule has 4 heteroatoms. The maximum Gasteiger partial charge on any atom is 0.125 e. The fraction of sp³-hybridized carbons (Fsp3) is 0.267. The van der Waals surface area contributed by atoms with Gasteiger partial charge < -0.3 is 16.2 Å². The molecule has 0 saturated heterocycles. The standard InChI is InChI=1S/C15H21N3O/c1-5-17-12(4)18-14(9-11(3)16)13-7-6-10(2)8-15(13)19/h6-9,19H,3,5,16H2,1-2,4H3,(H,17,18)/b14-9-. The number of benzene rings is 1. The SMILES string of the molecule is C=C(N)/C=C(\NC(C)=NCC)c1ccc(C)cc1O. The lowest BCUT2D eigenvalue weighted by atomic mass is 10.1. The van der Waals surface area contributed by atoms with E-state index in [0.717, 1.165) is 11.4 Å². The van der Waals surface area contributed by atoms with E-state index in [2.05, 4.69) is 16.9 Å². The Morgan fingerprint density at radius 2 is 2.21 bits per heavy atom. The number of nitrogens with zero attached hydrogens (tertiary/aromatic N) is 1. The highest BCUT2D eigenvalue weighted by molar-refractivity contribution is 5.90. The third-order valence-electron chi connectivity index (χ3n) is 2.48. The highest BCUT2D eigenvalue weighted by Gasteiger charge is 2.08.